The molecule has 1 amide bonds. The lowest BCUT2D eigenvalue weighted by Crippen LogP contribution is -2.31. The molecule has 2 rings (SSSR count). The molecule has 2 aromatic rings. The molecule has 144 valence electrons. The fraction of sp³-hybridized carbons (Fsp3) is 0.250. The van der Waals surface area contributed by atoms with Gasteiger partial charge in [-0.1, -0.05) is 17.3 Å². The van der Waals surface area contributed by atoms with E-state index in [4.69, 9.17) is 15.2 Å². The molecule has 0 spiro atoms. The fourth-order valence-electron chi connectivity index (χ4n) is 1.86. The number of aromatic nitrogens is 2. The van der Waals surface area contributed by atoms with Crippen molar-refractivity contribution in [2.75, 3.05) is 7.11 Å². The zero-order chi connectivity index (χ0) is 20.0. The Balaban J connectivity index is 2.30. The molecule has 0 saturated carbocycles. The molecule has 1 aromatic carbocycles. The summed E-state index contributed by atoms with van der Waals surface area (Å²) in [7, 11) is 1.23. The maximum absolute atomic E-state index is 12.6. The standard InChI is InChI=1S/C16H15F3N4O4/c1-9(16(17,18)19)26-12-7-8-21-15(22-12)27-11-6-4-3-5-10(11)13(14(20)24)23-25-2/h3-9H,1-2H3,(H2,20,24). The van der Waals surface area contributed by atoms with E-state index in [1.165, 1.54) is 25.4 Å². The van der Waals surface area contributed by atoms with E-state index in [1.807, 2.05) is 0 Å². The van der Waals surface area contributed by atoms with Gasteiger partial charge >= 0.3 is 12.2 Å². The van der Waals surface area contributed by atoms with Crippen LogP contribution in [0.2, 0.25) is 0 Å². The average molecular weight is 384 g/mol. The number of carbonyl (C=O) groups excluding carboxylic acids is 1. The van der Waals surface area contributed by atoms with Crippen LogP contribution in [0.3, 0.4) is 0 Å². The van der Waals surface area contributed by atoms with Crippen LogP contribution in [0.1, 0.15) is 12.5 Å². The predicted molar refractivity (Wildman–Crippen MR) is 87.4 cm³/mol. The summed E-state index contributed by atoms with van der Waals surface area (Å²) in [6.45, 7) is 0.846. The maximum atomic E-state index is 12.6. The number of alkyl halides is 3. The number of nitrogens with two attached hydrogens (primary N) is 1. The normalized spacial score (nSPS) is 13.0. The molecule has 8 nitrogen and oxygen atoms in total. The maximum Gasteiger partial charge on any atom is 0.425 e. The molecule has 1 heterocycles. The Morgan fingerprint density at radius 2 is 1.96 bits per heavy atom. The average Bonchev–Trinajstić information content (AvgIpc) is 2.59. The van der Waals surface area contributed by atoms with Gasteiger partial charge in [-0.25, -0.2) is 4.98 Å². The van der Waals surface area contributed by atoms with Crippen LogP contribution in [0.5, 0.6) is 17.6 Å². The van der Waals surface area contributed by atoms with Gasteiger partial charge < -0.3 is 20.0 Å². The highest BCUT2D eigenvalue weighted by molar-refractivity contribution is 6.45. The van der Waals surface area contributed by atoms with E-state index >= 15 is 0 Å². The van der Waals surface area contributed by atoms with Gasteiger partial charge in [0.25, 0.3) is 5.91 Å². The summed E-state index contributed by atoms with van der Waals surface area (Å²) in [6.07, 6.45) is -5.45. The van der Waals surface area contributed by atoms with Crippen molar-refractivity contribution < 1.29 is 32.3 Å². The predicted octanol–water partition coefficient (Wildman–Crippen LogP) is 2.43. The summed E-state index contributed by atoms with van der Waals surface area (Å²) in [5.74, 6) is -1.11. The van der Waals surface area contributed by atoms with Crippen LogP contribution in [0.25, 0.3) is 0 Å². The SMILES string of the molecule is CON=C(C(N)=O)c1ccccc1Oc1nccc(OC(C)C(F)(F)F)n1. The van der Waals surface area contributed by atoms with Crippen molar-refractivity contribution in [3.05, 3.63) is 42.1 Å². The Bertz CT molecular complexity index is 842. The monoisotopic (exact) mass is 384 g/mol. The molecule has 27 heavy (non-hydrogen) atoms. The first-order chi connectivity index (χ1) is 12.7. The van der Waals surface area contributed by atoms with Gasteiger partial charge in [-0.15, -0.1) is 0 Å². The topological polar surface area (TPSA) is 109 Å². The number of primary amides is 1. The first kappa shape index (κ1) is 19.9. The van der Waals surface area contributed by atoms with E-state index in [1.54, 1.807) is 12.1 Å². The molecule has 1 aromatic heterocycles. The number of nitrogens with zero attached hydrogens (tertiary/aromatic N) is 3. The van der Waals surface area contributed by atoms with Gasteiger partial charge in [-0.05, 0) is 19.1 Å². The van der Waals surface area contributed by atoms with Crippen molar-refractivity contribution in [1.29, 1.82) is 0 Å². The van der Waals surface area contributed by atoms with E-state index in [0.717, 1.165) is 13.0 Å². The van der Waals surface area contributed by atoms with E-state index in [-0.39, 0.29) is 28.9 Å². The highest BCUT2D eigenvalue weighted by atomic mass is 19.4. The first-order valence-corrected chi connectivity index (χ1v) is 7.47. The first-order valence-electron chi connectivity index (χ1n) is 7.47. The molecule has 0 aliphatic carbocycles. The van der Waals surface area contributed by atoms with E-state index in [2.05, 4.69) is 20.0 Å². The highest BCUT2D eigenvalue weighted by Crippen LogP contribution is 2.27. The fourth-order valence-corrected chi connectivity index (χ4v) is 1.86. The van der Waals surface area contributed by atoms with Crippen molar-refractivity contribution in [3.63, 3.8) is 0 Å². The van der Waals surface area contributed by atoms with E-state index in [0.29, 0.717) is 0 Å². The number of halogens is 3. The Kier molecular flexibility index (Phi) is 6.16. The third kappa shape index (κ3) is 5.30. The van der Waals surface area contributed by atoms with Crippen molar-refractivity contribution in [2.45, 2.75) is 19.2 Å². The molecule has 0 saturated heterocycles. The lowest BCUT2D eigenvalue weighted by atomic mass is 10.1. The molecule has 0 aliphatic rings. The minimum Gasteiger partial charge on any atom is -0.465 e. The molecular formula is C16H15F3N4O4. The molecule has 0 aliphatic heterocycles. The molecule has 0 bridgehead atoms. The summed E-state index contributed by atoms with van der Waals surface area (Å²) >= 11 is 0. The number of para-hydroxylation sites is 1. The van der Waals surface area contributed by atoms with Gasteiger partial charge in [0.2, 0.25) is 5.88 Å². The second-order valence-corrected chi connectivity index (χ2v) is 5.06. The number of hydrogen-bond donors (Lipinski definition) is 1. The second kappa shape index (κ2) is 8.34. The number of oxime groups is 1. The Morgan fingerprint density at radius 1 is 1.26 bits per heavy atom. The highest BCUT2D eigenvalue weighted by Gasteiger charge is 2.38. The molecule has 0 radical (unpaired) electrons. The molecule has 1 unspecified atom stereocenters. The van der Waals surface area contributed by atoms with Crippen molar-refractivity contribution in [2.24, 2.45) is 10.9 Å². The Morgan fingerprint density at radius 3 is 2.59 bits per heavy atom. The van der Waals surface area contributed by atoms with Crippen LogP contribution in [0.4, 0.5) is 13.2 Å². The number of ether oxygens (including phenoxy) is 2. The lowest BCUT2D eigenvalue weighted by Gasteiger charge is -2.17. The van der Waals surface area contributed by atoms with E-state index in [9.17, 15) is 18.0 Å². The third-order valence-corrected chi connectivity index (χ3v) is 3.13. The Hall–Kier alpha value is -3.37. The van der Waals surface area contributed by atoms with Crippen LogP contribution in [-0.4, -0.2) is 41.0 Å². The summed E-state index contributed by atoms with van der Waals surface area (Å²) in [4.78, 5) is 23.7. The number of rotatable bonds is 7. The lowest BCUT2D eigenvalue weighted by molar-refractivity contribution is -0.190. The summed E-state index contributed by atoms with van der Waals surface area (Å²) in [5, 5.41) is 3.55. The van der Waals surface area contributed by atoms with Crippen molar-refractivity contribution in [1.82, 2.24) is 9.97 Å². The largest absolute Gasteiger partial charge is 0.465 e. The van der Waals surface area contributed by atoms with E-state index < -0.39 is 18.2 Å². The minimum absolute atomic E-state index is 0.0909. The van der Waals surface area contributed by atoms with Crippen LogP contribution >= 0.6 is 0 Å². The summed E-state index contributed by atoms with van der Waals surface area (Å²) in [5.41, 5.74) is 5.24. The van der Waals surface area contributed by atoms with Gasteiger partial charge in [0.15, 0.2) is 11.8 Å². The molecule has 11 heteroatoms. The summed E-state index contributed by atoms with van der Waals surface area (Å²) in [6, 6.07) is 7.01. The van der Waals surface area contributed by atoms with Gasteiger partial charge in [0.05, 0.1) is 5.56 Å². The molecular weight excluding hydrogens is 369 g/mol. The van der Waals surface area contributed by atoms with Gasteiger partial charge in [-0.3, -0.25) is 4.79 Å². The van der Waals surface area contributed by atoms with Crippen LogP contribution in [0, 0.1) is 0 Å². The third-order valence-electron chi connectivity index (χ3n) is 3.13. The number of amides is 1. The zero-order valence-corrected chi connectivity index (χ0v) is 14.2. The van der Waals surface area contributed by atoms with Gasteiger partial charge in [0.1, 0.15) is 12.9 Å². The molecule has 0 fully saturated rings. The number of carbonyl (C=O) groups is 1. The second-order valence-electron chi connectivity index (χ2n) is 5.06. The van der Waals surface area contributed by atoms with Crippen LogP contribution in [-0.2, 0) is 9.63 Å². The minimum atomic E-state index is -4.55. The molecule has 2 N–H and O–H groups in total. The summed E-state index contributed by atoms with van der Waals surface area (Å²) < 4.78 is 48.0. The van der Waals surface area contributed by atoms with Gasteiger partial charge in [-0.2, -0.15) is 18.2 Å². The quantitative estimate of drug-likeness (QED) is 0.580. The van der Waals surface area contributed by atoms with Crippen molar-refractivity contribution >= 4 is 11.6 Å². The van der Waals surface area contributed by atoms with Crippen molar-refractivity contribution in [3.8, 4) is 17.6 Å². The molecule has 1 atom stereocenters. The smallest absolute Gasteiger partial charge is 0.425 e. The van der Waals surface area contributed by atoms with Crippen LogP contribution in [0.15, 0.2) is 41.7 Å². The zero-order valence-electron chi connectivity index (χ0n) is 14.2. The number of hydrogen-bond acceptors (Lipinski definition) is 7. The number of benzene rings is 1. The van der Waals surface area contributed by atoms with Crippen LogP contribution < -0.4 is 15.2 Å². The Labute approximate surface area is 151 Å². The van der Waals surface area contributed by atoms with Gasteiger partial charge in [0, 0.05) is 12.3 Å².